The molecule has 0 saturated carbocycles. The fraction of sp³-hybridized carbons (Fsp3) is 0.389. The van der Waals surface area contributed by atoms with Gasteiger partial charge in [0.15, 0.2) is 0 Å². The van der Waals surface area contributed by atoms with Gasteiger partial charge in [0.1, 0.15) is 11.6 Å². The van der Waals surface area contributed by atoms with Gasteiger partial charge in [-0.2, -0.15) is 4.98 Å². The number of hydrogen-bond donors (Lipinski definition) is 0. The summed E-state index contributed by atoms with van der Waals surface area (Å²) in [6.07, 6.45) is 1.91. The first-order valence-electron chi connectivity index (χ1n) is 8.47. The summed E-state index contributed by atoms with van der Waals surface area (Å²) in [5, 5.41) is 3.39. The normalized spacial score (nSPS) is 15.0. The number of anilines is 3. The van der Waals surface area contributed by atoms with Crippen LogP contribution in [0.1, 0.15) is 5.69 Å². The second-order valence-corrected chi connectivity index (χ2v) is 7.45. The largest absolute Gasteiger partial charge is 0.363 e. The van der Waals surface area contributed by atoms with Crippen LogP contribution in [0, 0.1) is 6.92 Å². The number of thiophene rings is 1. The van der Waals surface area contributed by atoms with Crippen LogP contribution in [0.3, 0.4) is 0 Å². The van der Waals surface area contributed by atoms with E-state index in [0.717, 1.165) is 49.5 Å². The SMILES string of the molecule is Cc1cc(N(C)C)nc(N2CCN(c3nccc4sccc34)CC2)n1. The maximum atomic E-state index is 4.70. The second kappa shape index (κ2) is 6.48. The Labute approximate surface area is 151 Å². The zero-order chi connectivity index (χ0) is 17.4. The maximum Gasteiger partial charge on any atom is 0.227 e. The van der Waals surface area contributed by atoms with Gasteiger partial charge in [0, 0.05) is 68.3 Å². The predicted octanol–water partition coefficient (Wildman–Crippen LogP) is 2.79. The third-order valence-electron chi connectivity index (χ3n) is 4.51. The van der Waals surface area contributed by atoms with Crippen molar-refractivity contribution in [1.82, 2.24) is 15.0 Å². The highest BCUT2D eigenvalue weighted by atomic mass is 32.1. The van der Waals surface area contributed by atoms with E-state index in [0.29, 0.717) is 0 Å². The van der Waals surface area contributed by atoms with Crippen molar-refractivity contribution in [1.29, 1.82) is 0 Å². The molecule has 3 aromatic heterocycles. The number of nitrogens with zero attached hydrogens (tertiary/aromatic N) is 6. The van der Waals surface area contributed by atoms with Crippen LogP contribution in [0.5, 0.6) is 0 Å². The van der Waals surface area contributed by atoms with E-state index in [1.54, 1.807) is 11.3 Å². The lowest BCUT2D eigenvalue weighted by Crippen LogP contribution is -2.47. The Morgan fingerprint density at radius 3 is 2.56 bits per heavy atom. The second-order valence-electron chi connectivity index (χ2n) is 6.50. The van der Waals surface area contributed by atoms with Gasteiger partial charge in [-0.1, -0.05) is 0 Å². The van der Waals surface area contributed by atoms with Crippen LogP contribution in [0.2, 0.25) is 0 Å². The summed E-state index contributed by atoms with van der Waals surface area (Å²) in [5.41, 5.74) is 1.00. The van der Waals surface area contributed by atoms with Crippen molar-refractivity contribution in [3.05, 3.63) is 35.5 Å². The molecule has 4 rings (SSSR count). The zero-order valence-electron chi connectivity index (χ0n) is 14.8. The molecule has 130 valence electrons. The highest BCUT2D eigenvalue weighted by Gasteiger charge is 2.22. The highest BCUT2D eigenvalue weighted by molar-refractivity contribution is 7.17. The summed E-state index contributed by atoms with van der Waals surface area (Å²) < 4.78 is 1.30. The van der Waals surface area contributed by atoms with Gasteiger partial charge in [0.2, 0.25) is 5.95 Å². The molecule has 0 atom stereocenters. The van der Waals surface area contributed by atoms with Gasteiger partial charge in [-0.05, 0) is 24.4 Å². The van der Waals surface area contributed by atoms with Gasteiger partial charge < -0.3 is 14.7 Å². The summed E-state index contributed by atoms with van der Waals surface area (Å²) in [6, 6.07) is 6.27. The molecule has 1 aliphatic rings. The molecule has 6 nitrogen and oxygen atoms in total. The monoisotopic (exact) mass is 354 g/mol. The Morgan fingerprint density at radius 1 is 1.04 bits per heavy atom. The molecule has 1 saturated heterocycles. The molecule has 0 spiro atoms. The van der Waals surface area contributed by atoms with Crippen LogP contribution in [0.15, 0.2) is 29.8 Å². The van der Waals surface area contributed by atoms with Crippen LogP contribution < -0.4 is 14.7 Å². The molecule has 1 fully saturated rings. The molecule has 4 heterocycles. The van der Waals surface area contributed by atoms with Crippen molar-refractivity contribution in [2.45, 2.75) is 6.92 Å². The van der Waals surface area contributed by atoms with Gasteiger partial charge in [-0.3, -0.25) is 0 Å². The Kier molecular flexibility index (Phi) is 4.17. The lowest BCUT2D eigenvalue weighted by Gasteiger charge is -2.36. The minimum Gasteiger partial charge on any atom is -0.363 e. The van der Waals surface area contributed by atoms with E-state index in [1.807, 2.05) is 38.2 Å². The summed E-state index contributed by atoms with van der Waals surface area (Å²) in [6.45, 7) is 5.68. The molecule has 0 unspecified atom stereocenters. The van der Waals surface area contributed by atoms with Gasteiger partial charge in [0.05, 0.1) is 0 Å². The van der Waals surface area contributed by atoms with Crippen LogP contribution in [-0.4, -0.2) is 55.2 Å². The Hall–Kier alpha value is -2.41. The third kappa shape index (κ3) is 3.11. The van der Waals surface area contributed by atoms with Gasteiger partial charge in [0.25, 0.3) is 0 Å². The molecule has 0 bridgehead atoms. The third-order valence-corrected chi connectivity index (χ3v) is 5.39. The van der Waals surface area contributed by atoms with Crippen molar-refractivity contribution in [3.8, 4) is 0 Å². The number of hydrogen-bond acceptors (Lipinski definition) is 7. The molecule has 0 radical (unpaired) electrons. The highest BCUT2D eigenvalue weighted by Crippen LogP contribution is 2.29. The van der Waals surface area contributed by atoms with E-state index in [1.165, 1.54) is 10.1 Å². The van der Waals surface area contributed by atoms with Gasteiger partial charge >= 0.3 is 0 Å². The van der Waals surface area contributed by atoms with E-state index in [9.17, 15) is 0 Å². The smallest absolute Gasteiger partial charge is 0.227 e. The predicted molar refractivity (Wildman–Crippen MR) is 105 cm³/mol. The summed E-state index contributed by atoms with van der Waals surface area (Å²) in [5.74, 6) is 2.87. The number of aryl methyl sites for hydroxylation is 1. The Morgan fingerprint density at radius 2 is 1.80 bits per heavy atom. The summed E-state index contributed by atoms with van der Waals surface area (Å²) in [7, 11) is 4.02. The Balaban J connectivity index is 1.53. The molecular formula is C18H22N6S. The van der Waals surface area contributed by atoms with Crippen LogP contribution in [-0.2, 0) is 0 Å². The fourth-order valence-electron chi connectivity index (χ4n) is 3.16. The van der Waals surface area contributed by atoms with Gasteiger partial charge in [-0.15, -0.1) is 11.3 Å². The number of piperazine rings is 1. The topological polar surface area (TPSA) is 48.4 Å². The number of aromatic nitrogens is 3. The quantitative estimate of drug-likeness (QED) is 0.721. The molecule has 0 N–H and O–H groups in total. The van der Waals surface area contributed by atoms with E-state index >= 15 is 0 Å². The first-order valence-corrected chi connectivity index (χ1v) is 9.35. The number of fused-ring (bicyclic) bond motifs is 1. The average Bonchev–Trinajstić information content (AvgIpc) is 3.10. The molecule has 3 aromatic rings. The van der Waals surface area contributed by atoms with E-state index < -0.39 is 0 Å². The molecular weight excluding hydrogens is 332 g/mol. The molecule has 0 aromatic carbocycles. The van der Waals surface area contributed by atoms with Crippen molar-refractivity contribution < 1.29 is 0 Å². The first kappa shape index (κ1) is 16.1. The van der Waals surface area contributed by atoms with Crippen molar-refractivity contribution in [3.63, 3.8) is 0 Å². The standard InChI is InChI=1S/C18H22N6S/c1-13-12-16(22(2)3)21-18(20-13)24-9-7-23(8-10-24)17-14-5-11-25-15(14)4-6-19-17/h4-6,11-12H,7-10H2,1-3H3. The van der Waals surface area contributed by atoms with Crippen LogP contribution in [0.4, 0.5) is 17.6 Å². The average molecular weight is 354 g/mol. The zero-order valence-corrected chi connectivity index (χ0v) is 15.6. The lowest BCUT2D eigenvalue weighted by molar-refractivity contribution is 0.635. The van der Waals surface area contributed by atoms with Crippen molar-refractivity contribution in [2.75, 3.05) is 55.0 Å². The Bertz CT molecular complexity index is 882. The maximum absolute atomic E-state index is 4.70. The minimum absolute atomic E-state index is 0.824. The van der Waals surface area contributed by atoms with Crippen LogP contribution >= 0.6 is 11.3 Å². The van der Waals surface area contributed by atoms with E-state index in [-0.39, 0.29) is 0 Å². The number of rotatable bonds is 3. The summed E-state index contributed by atoms with van der Waals surface area (Å²) >= 11 is 1.77. The van der Waals surface area contributed by atoms with E-state index in [4.69, 9.17) is 4.98 Å². The summed E-state index contributed by atoms with van der Waals surface area (Å²) in [4.78, 5) is 20.6. The van der Waals surface area contributed by atoms with Crippen molar-refractivity contribution in [2.24, 2.45) is 0 Å². The van der Waals surface area contributed by atoms with Crippen LogP contribution in [0.25, 0.3) is 10.1 Å². The fourth-order valence-corrected chi connectivity index (χ4v) is 3.93. The van der Waals surface area contributed by atoms with E-state index in [2.05, 4.69) is 37.3 Å². The molecule has 0 amide bonds. The first-order chi connectivity index (χ1) is 12.1. The minimum atomic E-state index is 0.824. The molecule has 0 aliphatic carbocycles. The number of pyridine rings is 1. The van der Waals surface area contributed by atoms with Crippen molar-refractivity contribution >= 4 is 39.0 Å². The lowest BCUT2D eigenvalue weighted by atomic mass is 10.2. The molecule has 7 heteroatoms. The molecule has 1 aliphatic heterocycles. The van der Waals surface area contributed by atoms with Gasteiger partial charge in [-0.25, -0.2) is 9.97 Å². The molecule has 25 heavy (non-hydrogen) atoms.